The van der Waals surface area contributed by atoms with Crippen molar-refractivity contribution in [2.75, 3.05) is 11.9 Å². The number of aromatic nitrogens is 3. The average molecular weight is 188 g/mol. The molecule has 0 aliphatic rings. The van der Waals surface area contributed by atoms with E-state index >= 15 is 0 Å². The molecule has 2 aromatic rings. The first-order valence-electron chi connectivity index (χ1n) is 4.61. The summed E-state index contributed by atoms with van der Waals surface area (Å²) < 4.78 is 0. The first kappa shape index (κ1) is 8.74. The molecule has 0 atom stereocenters. The molecule has 0 radical (unpaired) electrons. The quantitative estimate of drug-likeness (QED) is 0.773. The molecule has 0 saturated heterocycles. The number of rotatable bonds is 3. The van der Waals surface area contributed by atoms with E-state index < -0.39 is 0 Å². The third-order valence-corrected chi connectivity index (χ3v) is 1.90. The van der Waals surface area contributed by atoms with Gasteiger partial charge < -0.3 is 10.3 Å². The van der Waals surface area contributed by atoms with Gasteiger partial charge in [-0.05, 0) is 31.2 Å². The van der Waals surface area contributed by atoms with Crippen LogP contribution in [0.15, 0.2) is 30.5 Å². The Morgan fingerprint density at radius 1 is 1.29 bits per heavy atom. The van der Waals surface area contributed by atoms with Gasteiger partial charge in [-0.1, -0.05) is 0 Å². The van der Waals surface area contributed by atoms with Gasteiger partial charge in [0.05, 0.1) is 5.69 Å². The van der Waals surface area contributed by atoms with E-state index in [1.165, 1.54) is 0 Å². The van der Waals surface area contributed by atoms with Gasteiger partial charge in [0.15, 0.2) is 0 Å². The summed E-state index contributed by atoms with van der Waals surface area (Å²) in [5, 5.41) is 11.2. The van der Waals surface area contributed by atoms with Gasteiger partial charge in [0, 0.05) is 12.7 Å². The summed E-state index contributed by atoms with van der Waals surface area (Å²) in [6.07, 6.45) is 1.87. The van der Waals surface area contributed by atoms with E-state index in [2.05, 4.69) is 20.5 Å². The Hall–Kier alpha value is -1.84. The van der Waals surface area contributed by atoms with Crippen molar-refractivity contribution in [1.29, 1.82) is 0 Å². The van der Waals surface area contributed by atoms with Crippen LogP contribution >= 0.6 is 0 Å². The molecule has 0 unspecified atom stereocenters. The number of H-pyrrole nitrogens is 1. The monoisotopic (exact) mass is 188 g/mol. The molecule has 0 bridgehead atoms. The van der Waals surface area contributed by atoms with Gasteiger partial charge in [0.25, 0.3) is 0 Å². The van der Waals surface area contributed by atoms with Gasteiger partial charge in [-0.25, -0.2) is 0 Å². The highest BCUT2D eigenvalue weighted by atomic mass is 15.2. The summed E-state index contributed by atoms with van der Waals surface area (Å²) in [5.41, 5.74) is 1.84. The van der Waals surface area contributed by atoms with Crippen LogP contribution in [0, 0.1) is 0 Å². The molecule has 0 aliphatic heterocycles. The number of aromatic amines is 1. The van der Waals surface area contributed by atoms with Crippen LogP contribution in [0.1, 0.15) is 6.92 Å². The predicted octanol–water partition coefficient (Wildman–Crippen LogP) is 1.90. The average Bonchev–Trinajstić information content (AvgIpc) is 2.72. The van der Waals surface area contributed by atoms with E-state index in [0.717, 1.165) is 23.8 Å². The fourth-order valence-electron chi connectivity index (χ4n) is 1.24. The van der Waals surface area contributed by atoms with Gasteiger partial charge in [-0.3, -0.25) is 0 Å². The smallest absolute Gasteiger partial charge is 0.148 e. The van der Waals surface area contributed by atoms with Crippen LogP contribution in [0.4, 0.5) is 5.82 Å². The highest BCUT2D eigenvalue weighted by molar-refractivity contribution is 5.54. The molecule has 0 aromatic carbocycles. The van der Waals surface area contributed by atoms with Gasteiger partial charge in [0.2, 0.25) is 0 Å². The Kier molecular flexibility index (Phi) is 2.44. The van der Waals surface area contributed by atoms with Crippen molar-refractivity contribution in [3.63, 3.8) is 0 Å². The van der Waals surface area contributed by atoms with Crippen molar-refractivity contribution in [1.82, 2.24) is 15.2 Å². The zero-order valence-electron chi connectivity index (χ0n) is 7.99. The van der Waals surface area contributed by atoms with Crippen LogP contribution in [0.5, 0.6) is 0 Å². The lowest BCUT2D eigenvalue weighted by molar-refractivity contribution is 1.01. The minimum atomic E-state index is 0.808. The first-order chi connectivity index (χ1) is 6.90. The van der Waals surface area contributed by atoms with Crippen molar-refractivity contribution in [3.8, 4) is 11.4 Å². The third kappa shape index (κ3) is 1.74. The molecule has 2 N–H and O–H groups in total. The normalized spacial score (nSPS) is 10.1. The van der Waals surface area contributed by atoms with Crippen LogP contribution in [-0.2, 0) is 0 Å². The molecule has 2 rings (SSSR count). The number of hydrogen-bond acceptors (Lipinski definition) is 3. The summed E-state index contributed by atoms with van der Waals surface area (Å²) in [7, 11) is 0. The number of anilines is 1. The molecule has 2 heterocycles. The van der Waals surface area contributed by atoms with E-state index in [-0.39, 0.29) is 0 Å². The van der Waals surface area contributed by atoms with Crippen molar-refractivity contribution < 1.29 is 0 Å². The van der Waals surface area contributed by atoms with Gasteiger partial charge in [-0.2, -0.15) is 0 Å². The van der Waals surface area contributed by atoms with E-state index in [1.54, 1.807) is 0 Å². The third-order valence-electron chi connectivity index (χ3n) is 1.90. The van der Waals surface area contributed by atoms with E-state index in [0.29, 0.717) is 0 Å². The second kappa shape index (κ2) is 3.91. The van der Waals surface area contributed by atoms with E-state index in [9.17, 15) is 0 Å². The van der Waals surface area contributed by atoms with Crippen LogP contribution < -0.4 is 5.32 Å². The van der Waals surface area contributed by atoms with Gasteiger partial charge in [0.1, 0.15) is 11.5 Å². The molecular weight excluding hydrogens is 176 g/mol. The van der Waals surface area contributed by atoms with Crippen LogP contribution in [0.25, 0.3) is 11.4 Å². The van der Waals surface area contributed by atoms with Crippen molar-refractivity contribution >= 4 is 5.82 Å². The largest absolute Gasteiger partial charge is 0.369 e. The Morgan fingerprint density at radius 2 is 2.21 bits per heavy atom. The summed E-state index contributed by atoms with van der Waals surface area (Å²) in [6.45, 7) is 2.89. The fourth-order valence-corrected chi connectivity index (χ4v) is 1.24. The lowest BCUT2D eigenvalue weighted by Crippen LogP contribution is -2.00. The molecule has 4 nitrogen and oxygen atoms in total. The number of nitrogens with one attached hydrogen (secondary N) is 2. The molecule has 0 amide bonds. The second-order valence-electron chi connectivity index (χ2n) is 2.92. The highest BCUT2D eigenvalue weighted by Gasteiger charge is 1.99. The molecule has 4 heteroatoms. The van der Waals surface area contributed by atoms with Crippen LogP contribution in [0.3, 0.4) is 0 Å². The SMILES string of the molecule is CCNc1ccc(-c2ccc[nH]2)nn1. The maximum Gasteiger partial charge on any atom is 0.148 e. The first-order valence-corrected chi connectivity index (χ1v) is 4.61. The Labute approximate surface area is 82.4 Å². The summed E-state index contributed by atoms with van der Waals surface area (Å²) >= 11 is 0. The van der Waals surface area contributed by atoms with E-state index in [1.807, 2.05) is 37.4 Å². The summed E-state index contributed by atoms with van der Waals surface area (Å²) in [4.78, 5) is 3.08. The minimum absolute atomic E-state index is 0.808. The summed E-state index contributed by atoms with van der Waals surface area (Å²) in [6, 6.07) is 7.77. The van der Waals surface area contributed by atoms with E-state index in [4.69, 9.17) is 0 Å². The predicted molar refractivity (Wildman–Crippen MR) is 56.0 cm³/mol. The Balaban J connectivity index is 2.22. The number of hydrogen-bond donors (Lipinski definition) is 2. The molecule has 0 saturated carbocycles. The molecule has 0 fully saturated rings. The molecular formula is C10H12N4. The van der Waals surface area contributed by atoms with Crippen molar-refractivity contribution in [2.45, 2.75) is 6.92 Å². The lowest BCUT2D eigenvalue weighted by atomic mass is 10.3. The topological polar surface area (TPSA) is 53.6 Å². The molecule has 0 spiro atoms. The fraction of sp³-hybridized carbons (Fsp3) is 0.200. The van der Waals surface area contributed by atoms with Crippen molar-refractivity contribution in [2.24, 2.45) is 0 Å². The Bertz CT molecular complexity index is 377. The minimum Gasteiger partial charge on any atom is -0.369 e. The van der Waals surface area contributed by atoms with Crippen molar-refractivity contribution in [3.05, 3.63) is 30.5 Å². The van der Waals surface area contributed by atoms with Gasteiger partial charge >= 0.3 is 0 Å². The standard InChI is InChI=1S/C10H12N4/c1-2-11-10-6-5-9(13-14-10)8-4-3-7-12-8/h3-7,12H,2H2,1H3,(H,11,14). The zero-order valence-corrected chi connectivity index (χ0v) is 7.99. The maximum atomic E-state index is 4.10. The molecule has 72 valence electrons. The highest BCUT2D eigenvalue weighted by Crippen LogP contribution is 2.13. The Morgan fingerprint density at radius 3 is 2.79 bits per heavy atom. The molecule has 14 heavy (non-hydrogen) atoms. The molecule has 2 aromatic heterocycles. The molecule has 0 aliphatic carbocycles. The summed E-state index contributed by atoms with van der Waals surface area (Å²) in [5.74, 6) is 0.808. The number of nitrogens with zero attached hydrogens (tertiary/aromatic N) is 2. The second-order valence-corrected chi connectivity index (χ2v) is 2.92. The lowest BCUT2D eigenvalue weighted by Gasteiger charge is -2.01. The zero-order chi connectivity index (χ0) is 9.80. The maximum absolute atomic E-state index is 4.10. The van der Waals surface area contributed by atoms with Crippen LogP contribution in [-0.4, -0.2) is 21.7 Å². The van der Waals surface area contributed by atoms with Gasteiger partial charge in [-0.15, -0.1) is 10.2 Å². The van der Waals surface area contributed by atoms with Crippen LogP contribution in [0.2, 0.25) is 0 Å².